The van der Waals surface area contributed by atoms with Crippen molar-refractivity contribution in [3.8, 4) is 0 Å². The van der Waals surface area contributed by atoms with Crippen molar-refractivity contribution in [2.24, 2.45) is 5.92 Å². The van der Waals surface area contributed by atoms with Crippen molar-refractivity contribution in [2.45, 2.75) is 116 Å². The van der Waals surface area contributed by atoms with Gasteiger partial charge in [-0.25, -0.2) is 0 Å². The summed E-state index contributed by atoms with van der Waals surface area (Å²) in [7, 11) is 4.48. The second-order valence-corrected chi connectivity index (χ2v) is 11.9. The molecule has 0 radical (unpaired) electrons. The zero-order valence-electron chi connectivity index (χ0n) is 19.9. The lowest BCUT2D eigenvalue weighted by Crippen LogP contribution is -2.64. The van der Waals surface area contributed by atoms with E-state index >= 15 is 0 Å². The average molecular weight is 380 g/mol. The van der Waals surface area contributed by atoms with Crippen molar-refractivity contribution in [3.63, 3.8) is 0 Å². The number of rotatable bonds is 3. The molecule has 0 N–H and O–H groups in total. The predicted octanol–water partition coefficient (Wildman–Crippen LogP) is 4.39. The van der Waals surface area contributed by atoms with Crippen molar-refractivity contribution >= 4 is 5.91 Å². The van der Waals surface area contributed by atoms with Crippen molar-refractivity contribution in [1.82, 2.24) is 14.7 Å². The first-order chi connectivity index (χ1) is 12.0. The molecule has 2 rings (SSSR count). The highest BCUT2D eigenvalue weighted by Crippen LogP contribution is 2.42. The summed E-state index contributed by atoms with van der Waals surface area (Å²) in [6.07, 6.45) is 4.39. The maximum absolute atomic E-state index is 12.7. The minimum Gasteiger partial charge on any atom is -0.340 e. The van der Waals surface area contributed by atoms with E-state index in [1.165, 1.54) is 0 Å². The van der Waals surface area contributed by atoms with Crippen LogP contribution in [0.1, 0.15) is 88.0 Å². The summed E-state index contributed by atoms with van der Waals surface area (Å²) in [4.78, 5) is 20.0. The van der Waals surface area contributed by atoms with Crippen molar-refractivity contribution < 1.29 is 4.79 Å². The molecule has 0 unspecified atom stereocenters. The van der Waals surface area contributed by atoms with Crippen LogP contribution < -0.4 is 0 Å². The molecule has 2 aliphatic heterocycles. The third kappa shape index (κ3) is 4.53. The Labute approximate surface area is 168 Å². The molecular weight excluding hydrogens is 334 g/mol. The van der Waals surface area contributed by atoms with Crippen LogP contribution in [0.25, 0.3) is 0 Å². The predicted molar refractivity (Wildman–Crippen MR) is 115 cm³/mol. The number of piperidine rings is 2. The van der Waals surface area contributed by atoms with Gasteiger partial charge in [0.15, 0.2) is 0 Å². The summed E-state index contributed by atoms with van der Waals surface area (Å²) < 4.78 is 0. The van der Waals surface area contributed by atoms with Gasteiger partial charge in [0.25, 0.3) is 0 Å². The van der Waals surface area contributed by atoms with Crippen LogP contribution >= 0.6 is 0 Å². The molecule has 2 fully saturated rings. The Bertz CT molecular complexity index is 528. The number of carbonyl (C=O) groups excluding carboxylic acids is 1. The molecule has 1 amide bonds. The summed E-state index contributed by atoms with van der Waals surface area (Å²) in [5.74, 6) is 0.798. The van der Waals surface area contributed by atoms with Crippen LogP contribution in [0.5, 0.6) is 0 Å². The highest BCUT2D eigenvalue weighted by atomic mass is 16.2. The summed E-state index contributed by atoms with van der Waals surface area (Å²) >= 11 is 0. The van der Waals surface area contributed by atoms with Crippen molar-refractivity contribution in [3.05, 3.63) is 0 Å². The van der Waals surface area contributed by atoms with Crippen molar-refractivity contribution in [1.29, 1.82) is 0 Å². The minimum absolute atomic E-state index is 0.103. The zero-order valence-corrected chi connectivity index (χ0v) is 19.9. The van der Waals surface area contributed by atoms with E-state index in [0.717, 1.165) is 32.2 Å². The van der Waals surface area contributed by atoms with E-state index in [1.807, 2.05) is 0 Å². The molecule has 27 heavy (non-hydrogen) atoms. The molecule has 0 aromatic heterocycles. The van der Waals surface area contributed by atoms with Gasteiger partial charge in [-0.2, -0.15) is 0 Å². The molecule has 0 bridgehead atoms. The summed E-state index contributed by atoms with van der Waals surface area (Å²) in [6.45, 7) is 21.3. The average Bonchev–Trinajstić information content (AvgIpc) is 2.46. The van der Waals surface area contributed by atoms with Crippen LogP contribution in [0, 0.1) is 5.92 Å². The van der Waals surface area contributed by atoms with E-state index in [9.17, 15) is 4.79 Å². The van der Waals surface area contributed by atoms with E-state index in [4.69, 9.17) is 0 Å². The molecule has 2 aliphatic rings. The standard InChI is InChI=1S/C23H45N3O/c1-17(27)26(19-14-22(6,7)25(11)23(8,9)15-19)16-18-12-20(2,3)24(10)21(4,5)13-18/h18-19H,12-16H2,1-11H3. The first kappa shape index (κ1) is 22.7. The fraction of sp³-hybridized carbons (Fsp3) is 0.957. The van der Waals surface area contributed by atoms with Gasteiger partial charge in [-0.05, 0) is 101 Å². The number of hydrogen-bond donors (Lipinski definition) is 0. The maximum atomic E-state index is 12.7. The van der Waals surface area contributed by atoms with Gasteiger partial charge >= 0.3 is 0 Å². The fourth-order valence-electron chi connectivity index (χ4n) is 6.06. The third-order valence-corrected chi connectivity index (χ3v) is 7.98. The smallest absolute Gasteiger partial charge is 0.219 e. The summed E-state index contributed by atoms with van der Waals surface area (Å²) in [5.41, 5.74) is 0.539. The van der Waals surface area contributed by atoms with Gasteiger partial charge in [-0.3, -0.25) is 14.6 Å². The summed E-state index contributed by atoms with van der Waals surface area (Å²) in [6, 6.07) is 0.328. The van der Waals surface area contributed by atoms with E-state index in [-0.39, 0.29) is 28.1 Å². The van der Waals surface area contributed by atoms with Gasteiger partial charge in [-0.15, -0.1) is 0 Å². The van der Waals surface area contributed by atoms with Crippen LogP contribution in [-0.4, -0.2) is 69.4 Å². The van der Waals surface area contributed by atoms with Gasteiger partial charge in [0.2, 0.25) is 5.91 Å². The highest BCUT2D eigenvalue weighted by Gasteiger charge is 2.47. The molecule has 4 nitrogen and oxygen atoms in total. The van der Waals surface area contributed by atoms with E-state index in [2.05, 4.69) is 84.2 Å². The molecular formula is C23H45N3O. The van der Waals surface area contributed by atoms with Crippen molar-refractivity contribution in [2.75, 3.05) is 20.6 Å². The lowest BCUT2D eigenvalue weighted by molar-refractivity contribution is -0.138. The molecule has 158 valence electrons. The Hall–Kier alpha value is -0.610. The Morgan fingerprint density at radius 1 is 0.778 bits per heavy atom. The second-order valence-electron chi connectivity index (χ2n) is 11.9. The van der Waals surface area contributed by atoms with E-state index in [0.29, 0.717) is 12.0 Å². The first-order valence-corrected chi connectivity index (χ1v) is 10.7. The lowest BCUT2D eigenvalue weighted by atomic mass is 9.73. The van der Waals surface area contributed by atoms with Crippen LogP contribution in [0.2, 0.25) is 0 Å². The Balaban J connectivity index is 2.23. The molecule has 4 heteroatoms. The zero-order chi connectivity index (χ0) is 21.0. The molecule has 2 heterocycles. The van der Waals surface area contributed by atoms with Crippen LogP contribution in [0.4, 0.5) is 0 Å². The Morgan fingerprint density at radius 3 is 1.44 bits per heavy atom. The molecule has 0 aromatic rings. The largest absolute Gasteiger partial charge is 0.340 e. The quantitative estimate of drug-likeness (QED) is 0.728. The molecule has 0 aliphatic carbocycles. The topological polar surface area (TPSA) is 26.8 Å². The SMILES string of the molecule is CC(=O)N(CC1CC(C)(C)N(C)C(C)(C)C1)C1CC(C)(C)N(C)C(C)(C)C1. The van der Waals surface area contributed by atoms with Gasteiger partial charge < -0.3 is 4.90 Å². The number of hydrogen-bond acceptors (Lipinski definition) is 3. The molecule has 0 saturated carbocycles. The molecule has 2 saturated heterocycles. The molecule has 0 aromatic carbocycles. The van der Waals surface area contributed by atoms with E-state index in [1.54, 1.807) is 6.92 Å². The number of likely N-dealkylation sites (tertiary alicyclic amines) is 2. The van der Waals surface area contributed by atoms with Crippen LogP contribution in [-0.2, 0) is 4.79 Å². The first-order valence-electron chi connectivity index (χ1n) is 10.7. The van der Waals surface area contributed by atoms with E-state index < -0.39 is 0 Å². The second kappa shape index (κ2) is 7.02. The normalized spacial score (nSPS) is 28.9. The van der Waals surface area contributed by atoms with Gasteiger partial charge in [0, 0.05) is 41.7 Å². The number of carbonyl (C=O) groups is 1. The van der Waals surface area contributed by atoms with Crippen LogP contribution in [0.3, 0.4) is 0 Å². The van der Waals surface area contributed by atoms with Gasteiger partial charge in [0.05, 0.1) is 0 Å². The number of amides is 1. The van der Waals surface area contributed by atoms with Crippen LogP contribution in [0.15, 0.2) is 0 Å². The summed E-state index contributed by atoms with van der Waals surface area (Å²) in [5, 5.41) is 0. The monoisotopic (exact) mass is 379 g/mol. The number of nitrogens with zero attached hydrogens (tertiary/aromatic N) is 3. The fourth-order valence-corrected chi connectivity index (χ4v) is 6.06. The van der Waals surface area contributed by atoms with Gasteiger partial charge in [-0.1, -0.05) is 0 Å². The highest BCUT2D eigenvalue weighted by molar-refractivity contribution is 5.73. The van der Waals surface area contributed by atoms with Gasteiger partial charge in [0.1, 0.15) is 0 Å². The molecule has 0 atom stereocenters. The Morgan fingerprint density at radius 2 is 1.11 bits per heavy atom. The molecule has 0 spiro atoms. The minimum atomic E-state index is 0.103. The lowest BCUT2D eigenvalue weighted by Gasteiger charge is -2.57. The third-order valence-electron chi connectivity index (χ3n) is 7.98. The maximum Gasteiger partial charge on any atom is 0.219 e. The Kier molecular flexibility index (Phi) is 5.89.